The maximum absolute atomic E-state index is 11.0. The largest absolute Gasteiger partial charge is 0.493 e. The number of nitro benzene ring substituents is 1. The number of hydrogen-bond acceptors (Lipinski definition) is 4. The van der Waals surface area contributed by atoms with E-state index in [1.807, 2.05) is 30.3 Å². The van der Waals surface area contributed by atoms with E-state index in [0.717, 1.165) is 29.0 Å². The molecule has 1 aliphatic rings. The number of nitrogens with zero attached hydrogens (tertiary/aromatic N) is 3. The van der Waals surface area contributed by atoms with Crippen molar-refractivity contribution in [2.45, 2.75) is 6.42 Å². The molecule has 23 heavy (non-hydrogen) atoms. The Morgan fingerprint density at radius 2 is 2.04 bits per heavy atom. The molecule has 0 spiro atoms. The fourth-order valence-electron chi connectivity index (χ4n) is 2.85. The van der Waals surface area contributed by atoms with Crippen LogP contribution in [0.4, 0.5) is 5.69 Å². The SMILES string of the molecule is O=[N+]([O-])c1cccc(-n2ncc3c2-c2ccccc2OCC3)c1. The third-order valence-corrected chi connectivity index (χ3v) is 3.90. The minimum Gasteiger partial charge on any atom is -0.493 e. The number of hydrogen-bond donors (Lipinski definition) is 0. The van der Waals surface area contributed by atoms with Crippen molar-refractivity contribution in [1.82, 2.24) is 9.78 Å². The van der Waals surface area contributed by atoms with Gasteiger partial charge in [-0.05, 0) is 18.2 Å². The van der Waals surface area contributed by atoms with Crippen molar-refractivity contribution in [3.05, 3.63) is 70.4 Å². The average molecular weight is 307 g/mol. The second-order valence-electron chi connectivity index (χ2n) is 5.30. The Morgan fingerprint density at radius 1 is 1.17 bits per heavy atom. The molecule has 0 aliphatic carbocycles. The zero-order chi connectivity index (χ0) is 15.8. The number of rotatable bonds is 2. The van der Waals surface area contributed by atoms with Crippen molar-refractivity contribution in [2.24, 2.45) is 0 Å². The van der Waals surface area contributed by atoms with Gasteiger partial charge < -0.3 is 4.74 Å². The first-order valence-electron chi connectivity index (χ1n) is 7.28. The highest BCUT2D eigenvalue weighted by Gasteiger charge is 2.21. The summed E-state index contributed by atoms with van der Waals surface area (Å²) in [6.07, 6.45) is 2.55. The number of benzene rings is 2. The lowest BCUT2D eigenvalue weighted by atomic mass is 10.1. The highest BCUT2D eigenvalue weighted by Crippen LogP contribution is 2.36. The number of aromatic nitrogens is 2. The molecule has 2 aromatic carbocycles. The van der Waals surface area contributed by atoms with Gasteiger partial charge in [-0.25, -0.2) is 4.68 Å². The van der Waals surface area contributed by atoms with Gasteiger partial charge in [0.25, 0.3) is 5.69 Å². The lowest BCUT2D eigenvalue weighted by molar-refractivity contribution is -0.384. The van der Waals surface area contributed by atoms with Crippen LogP contribution in [-0.2, 0) is 6.42 Å². The highest BCUT2D eigenvalue weighted by molar-refractivity contribution is 5.72. The van der Waals surface area contributed by atoms with Crippen molar-refractivity contribution in [3.8, 4) is 22.7 Å². The van der Waals surface area contributed by atoms with E-state index in [0.29, 0.717) is 12.3 Å². The van der Waals surface area contributed by atoms with E-state index in [-0.39, 0.29) is 5.69 Å². The molecular weight excluding hydrogens is 294 g/mol. The van der Waals surface area contributed by atoms with E-state index < -0.39 is 4.92 Å². The molecule has 0 N–H and O–H groups in total. The van der Waals surface area contributed by atoms with Gasteiger partial charge in [0.05, 0.1) is 29.1 Å². The van der Waals surface area contributed by atoms with Gasteiger partial charge in [0.1, 0.15) is 5.75 Å². The first-order valence-corrected chi connectivity index (χ1v) is 7.28. The molecule has 0 unspecified atom stereocenters. The van der Waals surface area contributed by atoms with Crippen LogP contribution in [-0.4, -0.2) is 21.3 Å². The minimum absolute atomic E-state index is 0.0462. The fourth-order valence-corrected chi connectivity index (χ4v) is 2.85. The molecule has 2 heterocycles. The van der Waals surface area contributed by atoms with E-state index in [4.69, 9.17) is 4.74 Å². The summed E-state index contributed by atoms with van der Waals surface area (Å²) in [7, 11) is 0. The Hall–Kier alpha value is -3.15. The first-order chi connectivity index (χ1) is 11.2. The number of para-hydroxylation sites is 1. The Balaban J connectivity index is 1.93. The van der Waals surface area contributed by atoms with Gasteiger partial charge in [0.2, 0.25) is 0 Å². The molecular formula is C17H13N3O3. The lowest BCUT2D eigenvalue weighted by Crippen LogP contribution is -2.01. The smallest absolute Gasteiger partial charge is 0.271 e. The molecule has 114 valence electrons. The number of nitro groups is 1. The van der Waals surface area contributed by atoms with Gasteiger partial charge in [-0.15, -0.1) is 0 Å². The molecule has 0 saturated carbocycles. The summed E-state index contributed by atoms with van der Waals surface area (Å²) >= 11 is 0. The van der Waals surface area contributed by atoms with Crippen LogP contribution in [0.3, 0.4) is 0 Å². The Bertz CT molecular complexity index is 902. The minimum atomic E-state index is -0.400. The molecule has 4 rings (SSSR count). The second-order valence-corrected chi connectivity index (χ2v) is 5.30. The molecule has 0 bridgehead atoms. The molecule has 6 nitrogen and oxygen atoms in total. The van der Waals surface area contributed by atoms with Crippen LogP contribution in [0.2, 0.25) is 0 Å². The highest BCUT2D eigenvalue weighted by atomic mass is 16.6. The predicted molar refractivity (Wildman–Crippen MR) is 84.9 cm³/mol. The number of non-ortho nitro benzene ring substituents is 1. The Morgan fingerprint density at radius 3 is 2.91 bits per heavy atom. The molecule has 3 aromatic rings. The van der Waals surface area contributed by atoms with E-state index in [9.17, 15) is 10.1 Å². The van der Waals surface area contributed by atoms with Crippen LogP contribution >= 0.6 is 0 Å². The Labute approximate surface area is 132 Å². The molecule has 0 saturated heterocycles. The standard InChI is InChI=1S/C17H13N3O3/c21-20(22)14-5-3-4-13(10-14)19-17-12(11-18-19)8-9-23-16-7-2-1-6-15(16)17/h1-7,10-11H,8-9H2. The van der Waals surface area contributed by atoms with Gasteiger partial charge in [-0.1, -0.05) is 18.2 Å². The number of fused-ring (bicyclic) bond motifs is 3. The zero-order valence-corrected chi connectivity index (χ0v) is 12.2. The van der Waals surface area contributed by atoms with Crippen molar-refractivity contribution in [3.63, 3.8) is 0 Å². The summed E-state index contributed by atoms with van der Waals surface area (Å²) in [5.41, 5.74) is 3.66. The third kappa shape index (κ3) is 2.24. The summed E-state index contributed by atoms with van der Waals surface area (Å²) in [4.78, 5) is 10.6. The van der Waals surface area contributed by atoms with Crippen LogP contribution in [0, 0.1) is 10.1 Å². The summed E-state index contributed by atoms with van der Waals surface area (Å²) in [6, 6.07) is 14.3. The number of ether oxygens (including phenoxy) is 1. The second kappa shape index (κ2) is 5.24. The van der Waals surface area contributed by atoms with Gasteiger partial charge in [0, 0.05) is 29.7 Å². The molecule has 1 aliphatic heterocycles. The van der Waals surface area contributed by atoms with Crippen LogP contribution in [0.25, 0.3) is 16.9 Å². The summed E-state index contributed by atoms with van der Waals surface area (Å²) in [6.45, 7) is 0.588. The maximum atomic E-state index is 11.0. The van der Waals surface area contributed by atoms with Crippen molar-refractivity contribution in [2.75, 3.05) is 6.61 Å². The van der Waals surface area contributed by atoms with Crippen molar-refractivity contribution < 1.29 is 9.66 Å². The molecule has 0 amide bonds. The summed E-state index contributed by atoms with van der Waals surface area (Å²) in [5, 5.41) is 15.5. The predicted octanol–water partition coefficient (Wildman–Crippen LogP) is 3.38. The fraction of sp³-hybridized carbons (Fsp3) is 0.118. The van der Waals surface area contributed by atoms with E-state index in [2.05, 4.69) is 5.10 Å². The van der Waals surface area contributed by atoms with Crippen LogP contribution in [0.5, 0.6) is 5.75 Å². The molecule has 0 fully saturated rings. The quantitative estimate of drug-likeness (QED) is 0.537. The maximum Gasteiger partial charge on any atom is 0.271 e. The van der Waals surface area contributed by atoms with E-state index >= 15 is 0 Å². The van der Waals surface area contributed by atoms with Gasteiger partial charge in [-0.3, -0.25) is 10.1 Å². The van der Waals surface area contributed by atoms with Gasteiger partial charge >= 0.3 is 0 Å². The van der Waals surface area contributed by atoms with Gasteiger partial charge in [0.15, 0.2) is 0 Å². The lowest BCUT2D eigenvalue weighted by Gasteiger charge is -2.10. The molecule has 6 heteroatoms. The van der Waals surface area contributed by atoms with E-state index in [1.165, 1.54) is 12.1 Å². The monoisotopic (exact) mass is 307 g/mol. The molecule has 1 aromatic heterocycles. The van der Waals surface area contributed by atoms with Crippen LogP contribution in [0.15, 0.2) is 54.7 Å². The average Bonchev–Trinajstić information content (AvgIpc) is 2.90. The normalized spacial score (nSPS) is 12.7. The molecule has 0 radical (unpaired) electrons. The van der Waals surface area contributed by atoms with Crippen LogP contribution in [0.1, 0.15) is 5.56 Å². The summed E-state index contributed by atoms with van der Waals surface area (Å²) < 4.78 is 7.54. The first kappa shape index (κ1) is 13.5. The molecule has 0 atom stereocenters. The van der Waals surface area contributed by atoms with E-state index in [1.54, 1.807) is 16.9 Å². The zero-order valence-electron chi connectivity index (χ0n) is 12.2. The topological polar surface area (TPSA) is 70.2 Å². The van der Waals surface area contributed by atoms with Crippen molar-refractivity contribution >= 4 is 5.69 Å². The van der Waals surface area contributed by atoms with Crippen LogP contribution < -0.4 is 4.74 Å². The van der Waals surface area contributed by atoms with Gasteiger partial charge in [-0.2, -0.15) is 5.10 Å². The summed E-state index contributed by atoms with van der Waals surface area (Å²) in [5.74, 6) is 0.804. The third-order valence-electron chi connectivity index (χ3n) is 3.90. The van der Waals surface area contributed by atoms with Crippen molar-refractivity contribution in [1.29, 1.82) is 0 Å². The Kier molecular flexibility index (Phi) is 3.08.